The predicted octanol–water partition coefficient (Wildman–Crippen LogP) is 3.64. The minimum atomic E-state index is -0.503. The first-order chi connectivity index (χ1) is 9.49. The van der Waals surface area contributed by atoms with Gasteiger partial charge in [0.1, 0.15) is 5.82 Å². The molecule has 0 aliphatic rings. The molecule has 0 fully saturated rings. The van der Waals surface area contributed by atoms with Gasteiger partial charge in [-0.3, -0.25) is 4.79 Å². The van der Waals surface area contributed by atoms with Crippen molar-refractivity contribution in [3.63, 3.8) is 0 Å². The monoisotopic (exact) mass is 312 g/mol. The van der Waals surface area contributed by atoms with E-state index in [0.29, 0.717) is 11.3 Å². The van der Waals surface area contributed by atoms with Crippen LogP contribution < -0.4 is 11.1 Å². The molecule has 2 rings (SSSR count). The summed E-state index contributed by atoms with van der Waals surface area (Å²) in [5.41, 5.74) is 6.92. The van der Waals surface area contributed by atoms with Crippen LogP contribution in [-0.4, -0.2) is 5.91 Å². The van der Waals surface area contributed by atoms with Crippen LogP contribution in [0.15, 0.2) is 36.4 Å². The molecular formula is C14H11Cl2FN2O. The summed E-state index contributed by atoms with van der Waals surface area (Å²) in [6, 6.07) is 9.07. The summed E-state index contributed by atoms with van der Waals surface area (Å²) < 4.78 is 13.0. The average molecular weight is 313 g/mol. The van der Waals surface area contributed by atoms with Gasteiger partial charge in [-0.15, -0.1) is 0 Å². The van der Waals surface area contributed by atoms with Crippen molar-refractivity contribution in [1.29, 1.82) is 0 Å². The zero-order valence-electron chi connectivity index (χ0n) is 10.3. The van der Waals surface area contributed by atoms with Crippen LogP contribution in [0.2, 0.25) is 10.0 Å². The molecule has 0 aromatic heterocycles. The molecule has 1 amide bonds. The molecular weight excluding hydrogens is 302 g/mol. The van der Waals surface area contributed by atoms with Gasteiger partial charge in [0.2, 0.25) is 0 Å². The Morgan fingerprint density at radius 3 is 2.60 bits per heavy atom. The summed E-state index contributed by atoms with van der Waals surface area (Å²) in [6.45, 7) is 0.198. The zero-order valence-corrected chi connectivity index (χ0v) is 11.8. The number of benzene rings is 2. The normalized spacial score (nSPS) is 10.3. The van der Waals surface area contributed by atoms with Crippen molar-refractivity contribution >= 4 is 34.8 Å². The Morgan fingerprint density at radius 2 is 1.95 bits per heavy atom. The highest BCUT2D eigenvalue weighted by Crippen LogP contribution is 2.22. The molecule has 0 radical (unpaired) electrons. The largest absolute Gasteiger partial charge is 0.398 e. The molecule has 0 bridgehead atoms. The second kappa shape index (κ2) is 6.11. The van der Waals surface area contributed by atoms with Crippen LogP contribution in [0.25, 0.3) is 0 Å². The first kappa shape index (κ1) is 14.6. The fourth-order valence-corrected chi connectivity index (χ4v) is 2.17. The van der Waals surface area contributed by atoms with E-state index in [1.165, 1.54) is 18.2 Å². The van der Waals surface area contributed by atoms with Gasteiger partial charge in [-0.05, 0) is 29.8 Å². The number of carbonyl (C=O) groups is 1. The van der Waals surface area contributed by atoms with Crippen molar-refractivity contribution in [2.24, 2.45) is 0 Å². The van der Waals surface area contributed by atoms with E-state index in [2.05, 4.69) is 5.32 Å². The molecule has 0 saturated heterocycles. The highest BCUT2D eigenvalue weighted by Gasteiger charge is 2.13. The predicted molar refractivity (Wildman–Crippen MR) is 78.4 cm³/mol. The molecule has 20 heavy (non-hydrogen) atoms. The smallest absolute Gasteiger partial charge is 0.255 e. The lowest BCUT2D eigenvalue weighted by molar-refractivity contribution is 0.0952. The lowest BCUT2D eigenvalue weighted by Gasteiger charge is -2.09. The molecule has 0 atom stereocenters. The summed E-state index contributed by atoms with van der Waals surface area (Å²) in [6.07, 6.45) is 0. The topological polar surface area (TPSA) is 55.1 Å². The summed E-state index contributed by atoms with van der Waals surface area (Å²) in [5, 5.41) is 2.94. The molecule has 0 aliphatic heterocycles. The first-order valence-electron chi connectivity index (χ1n) is 5.75. The minimum Gasteiger partial charge on any atom is -0.398 e. The molecule has 3 nitrogen and oxygen atoms in total. The zero-order chi connectivity index (χ0) is 14.7. The molecule has 2 aromatic rings. The highest BCUT2D eigenvalue weighted by molar-refractivity contribution is 6.34. The maximum Gasteiger partial charge on any atom is 0.255 e. The standard InChI is InChI=1S/C14H11Cl2FN2O/c15-9-2-1-3-12(18)13(9)14(20)19-7-8-4-5-11(17)10(16)6-8/h1-6H,7,18H2,(H,19,20). The maximum atomic E-state index is 13.0. The van der Waals surface area contributed by atoms with Crippen molar-refractivity contribution in [2.75, 3.05) is 5.73 Å². The van der Waals surface area contributed by atoms with Gasteiger partial charge in [-0.1, -0.05) is 35.3 Å². The quantitative estimate of drug-likeness (QED) is 0.850. The van der Waals surface area contributed by atoms with E-state index in [1.54, 1.807) is 18.2 Å². The molecule has 0 heterocycles. The van der Waals surface area contributed by atoms with Gasteiger partial charge in [-0.25, -0.2) is 4.39 Å². The van der Waals surface area contributed by atoms with E-state index < -0.39 is 11.7 Å². The summed E-state index contributed by atoms with van der Waals surface area (Å²) in [4.78, 5) is 12.0. The molecule has 2 aromatic carbocycles. The third-order valence-electron chi connectivity index (χ3n) is 2.71. The van der Waals surface area contributed by atoms with Gasteiger partial charge in [0, 0.05) is 12.2 Å². The highest BCUT2D eigenvalue weighted by atomic mass is 35.5. The number of carbonyl (C=O) groups excluding carboxylic acids is 1. The Bertz CT molecular complexity index is 641. The van der Waals surface area contributed by atoms with Crippen LogP contribution in [0.4, 0.5) is 10.1 Å². The Balaban J connectivity index is 2.11. The minimum absolute atomic E-state index is 0.00834. The molecule has 0 spiro atoms. The maximum absolute atomic E-state index is 13.0. The van der Waals surface area contributed by atoms with Crippen LogP contribution >= 0.6 is 23.2 Å². The van der Waals surface area contributed by atoms with Crippen molar-refractivity contribution in [2.45, 2.75) is 6.54 Å². The van der Waals surface area contributed by atoms with Crippen molar-refractivity contribution < 1.29 is 9.18 Å². The van der Waals surface area contributed by atoms with Gasteiger partial charge >= 0.3 is 0 Å². The number of rotatable bonds is 3. The number of halogens is 3. The second-order valence-electron chi connectivity index (χ2n) is 4.14. The van der Waals surface area contributed by atoms with Crippen LogP contribution in [0, 0.1) is 5.82 Å². The molecule has 6 heteroatoms. The summed E-state index contributed by atoms with van der Waals surface area (Å²) in [5.74, 6) is -0.898. The van der Waals surface area contributed by atoms with Crippen molar-refractivity contribution in [3.05, 3.63) is 63.4 Å². The Morgan fingerprint density at radius 1 is 1.20 bits per heavy atom. The van der Waals surface area contributed by atoms with Crippen molar-refractivity contribution in [1.82, 2.24) is 5.32 Å². The van der Waals surface area contributed by atoms with E-state index in [-0.39, 0.29) is 22.2 Å². The first-order valence-corrected chi connectivity index (χ1v) is 6.50. The number of nitrogens with two attached hydrogens (primary N) is 1. The van der Waals surface area contributed by atoms with E-state index in [0.717, 1.165) is 0 Å². The third-order valence-corrected chi connectivity index (χ3v) is 3.31. The average Bonchev–Trinajstić information content (AvgIpc) is 2.40. The van der Waals surface area contributed by atoms with Gasteiger partial charge in [0.15, 0.2) is 0 Å². The van der Waals surface area contributed by atoms with Crippen molar-refractivity contribution in [3.8, 4) is 0 Å². The van der Waals surface area contributed by atoms with E-state index in [9.17, 15) is 9.18 Å². The van der Waals surface area contributed by atoms with Gasteiger partial charge < -0.3 is 11.1 Å². The summed E-state index contributed by atoms with van der Waals surface area (Å²) in [7, 11) is 0. The number of anilines is 1. The fourth-order valence-electron chi connectivity index (χ4n) is 1.70. The Kier molecular flexibility index (Phi) is 4.47. The molecule has 3 N–H and O–H groups in total. The van der Waals surface area contributed by atoms with Crippen LogP contribution in [0.1, 0.15) is 15.9 Å². The van der Waals surface area contributed by atoms with E-state index in [1.807, 2.05) is 0 Å². The summed E-state index contributed by atoms with van der Waals surface area (Å²) >= 11 is 11.6. The lowest BCUT2D eigenvalue weighted by Crippen LogP contribution is -2.24. The van der Waals surface area contributed by atoms with E-state index in [4.69, 9.17) is 28.9 Å². The number of hydrogen-bond acceptors (Lipinski definition) is 2. The Labute approximate surface area is 125 Å². The number of hydrogen-bond donors (Lipinski definition) is 2. The third kappa shape index (κ3) is 3.21. The second-order valence-corrected chi connectivity index (χ2v) is 4.95. The van der Waals surface area contributed by atoms with Gasteiger partial charge in [-0.2, -0.15) is 0 Å². The molecule has 0 saturated carbocycles. The SMILES string of the molecule is Nc1cccc(Cl)c1C(=O)NCc1ccc(F)c(Cl)c1. The van der Waals surface area contributed by atoms with Crippen LogP contribution in [-0.2, 0) is 6.54 Å². The number of amides is 1. The number of nitrogens with one attached hydrogen (secondary N) is 1. The molecule has 0 unspecified atom stereocenters. The van der Waals surface area contributed by atoms with Crippen LogP contribution in [0.3, 0.4) is 0 Å². The number of nitrogen functional groups attached to an aromatic ring is 1. The fraction of sp³-hybridized carbons (Fsp3) is 0.0714. The van der Waals surface area contributed by atoms with Gasteiger partial charge in [0.25, 0.3) is 5.91 Å². The van der Waals surface area contributed by atoms with Gasteiger partial charge in [0.05, 0.1) is 15.6 Å². The lowest BCUT2D eigenvalue weighted by atomic mass is 10.1. The van der Waals surface area contributed by atoms with Crippen LogP contribution in [0.5, 0.6) is 0 Å². The molecule has 104 valence electrons. The van der Waals surface area contributed by atoms with E-state index >= 15 is 0 Å². The Hall–Kier alpha value is -1.78. The molecule has 0 aliphatic carbocycles.